The third-order valence-electron chi connectivity index (χ3n) is 5.89. The number of ether oxygens (including phenoxy) is 1. The van der Waals surface area contributed by atoms with Crippen LogP contribution in [-0.2, 0) is 0 Å². The topological polar surface area (TPSA) is 112 Å². The Hall–Kier alpha value is -3.89. The number of para-hydroxylation sites is 1. The normalized spacial score (nSPS) is 11.2. The molecule has 36 heavy (non-hydrogen) atoms. The molecule has 0 fully saturated rings. The predicted molar refractivity (Wildman–Crippen MR) is 144 cm³/mol. The van der Waals surface area contributed by atoms with Crippen LogP contribution < -0.4 is 15.0 Å². The van der Waals surface area contributed by atoms with Gasteiger partial charge >= 0.3 is 0 Å². The highest BCUT2D eigenvalue weighted by Crippen LogP contribution is 2.41. The van der Waals surface area contributed by atoms with Crippen LogP contribution in [-0.4, -0.2) is 66.1 Å². The van der Waals surface area contributed by atoms with Crippen molar-refractivity contribution in [3.8, 4) is 17.0 Å². The van der Waals surface area contributed by atoms with Gasteiger partial charge in [0.1, 0.15) is 11.4 Å². The van der Waals surface area contributed by atoms with Gasteiger partial charge in [-0.2, -0.15) is 0 Å². The summed E-state index contributed by atoms with van der Waals surface area (Å²) in [5.74, 6) is 0.763. The van der Waals surface area contributed by atoms with Crippen LogP contribution in [0.4, 0.5) is 23.0 Å². The summed E-state index contributed by atoms with van der Waals surface area (Å²) >= 11 is 6.54. The summed E-state index contributed by atoms with van der Waals surface area (Å²) < 4.78 is 5.59. The summed E-state index contributed by atoms with van der Waals surface area (Å²) in [5, 5.41) is 16.4. The minimum Gasteiger partial charge on any atom is -0.494 e. The number of hydrogen-bond acceptors (Lipinski definition) is 8. The minimum atomic E-state index is -0.418. The van der Waals surface area contributed by atoms with Gasteiger partial charge in [0, 0.05) is 54.4 Å². The van der Waals surface area contributed by atoms with Crippen molar-refractivity contribution in [2.24, 2.45) is 0 Å². The Labute approximate surface area is 214 Å². The maximum absolute atomic E-state index is 11.9. The third kappa shape index (κ3) is 4.91. The highest BCUT2D eigenvalue weighted by Gasteiger charge is 2.24. The van der Waals surface area contributed by atoms with Crippen molar-refractivity contribution in [2.45, 2.75) is 6.92 Å². The van der Waals surface area contributed by atoms with E-state index in [1.807, 2.05) is 50.2 Å². The van der Waals surface area contributed by atoms with Gasteiger partial charge in [-0.1, -0.05) is 29.8 Å². The molecule has 0 aliphatic heterocycles. The largest absolute Gasteiger partial charge is 0.494 e. The highest BCUT2D eigenvalue weighted by molar-refractivity contribution is 6.33. The number of aromatic amines is 1. The number of nitrogens with one attached hydrogen (secondary N) is 2. The summed E-state index contributed by atoms with van der Waals surface area (Å²) in [5.41, 5.74) is 4.10. The lowest BCUT2D eigenvalue weighted by Crippen LogP contribution is -2.21. The number of nitrogens with zero attached hydrogens (tertiary/aromatic N) is 5. The van der Waals surface area contributed by atoms with Crippen molar-refractivity contribution in [1.29, 1.82) is 0 Å². The Kier molecular flexibility index (Phi) is 7.27. The molecule has 0 unspecified atom stereocenters. The van der Waals surface area contributed by atoms with E-state index in [1.165, 1.54) is 19.4 Å². The fraction of sp³-hybridized carbons (Fsp3) is 0.280. The molecule has 10 nitrogen and oxygen atoms in total. The molecule has 11 heteroatoms. The molecule has 0 saturated heterocycles. The van der Waals surface area contributed by atoms with Gasteiger partial charge < -0.3 is 24.8 Å². The predicted octanol–water partition coefficient (Wildman–Crippen LogP) is 5.24. The van der Waals surface area contributed by atoms with E-state index in [-0.39, 0.29) is 5.69 Å². The molecule has 2 N–H and O–H groups in total. The Morgan fingerprint density at radius 1 is 1.22 bits per heavy atom. The number of methoxy groups -OCH3 is 1. The van der Waals surface area contributed by atoms with E-state index in [2.05, 4.69) is 15.3 Å². The van der Waals surface area contributed by atoms with Crippen molar-refractivity contribution >= 4 is 45.5 Å². The Morgan fingerprint density at radius 2 is 1.97 bits per heavy atom. The molecular formula is C25H28ClN7O3. The van der Waals surface area contributed by atoms with Gasteiger partial charge in [0.05, 0.1) is 34.6 Å². The van der Waals surface area contributed by atoms with Crippen molar-refractivity contribution in [3.63, 3.8) is 0 Å². The van der Waals surface area contributed by atoms with Crippen LogP contribution in [0.1, 0.15) is 5.69 Å². The molecule has 2 aromatic carbocycles. The summed E-state index contributed by atoms with van der Waals surface area (Å²) in [6.45, 7) is 3.22. The molecule has 0 spiro atoms. The zero-order valence-electron chi connectivity index (χ0n) is 20.8. The molecule has 0 aliphatic carbocycles. The van der Waals surface area contributed by atoms with E-state index in [1.54, 1.807) is 18.0 Å². The Morgan fingerprint density at radius 3 is 2.67 bits per heavy atom. The molecular weight excluding hydrogens is 482 g/mol. The Balaban J connectivity index is 1.77. The fourth-order valence-corrected chi connectivity index (χ4v) is 4.26. The number of anilines is 3. The number of aryl methyl sites for hydroxylation is 1. The Bertz CT molecular complexity index is 1420. The molecule has 0 atom stereocenters. The van der Waals surface area contributed by atoms with Crippen molar-refractivity contribution in [3.05, 3.63) is 63.4 Å². The number of likely N-dealkylation sites (N-methyl/N-ethyl adjacent to an activating group) is 1. The monoisotopic (exact) mass is 509 g/mol. The van der Waals surface area contributed by atoms with Gasteiger partial charge in [0.25, 0.3) is 5.69 Å². The smallest absolute Gasteiger partial charge is 0.294 e. The van der Waals surface area contributed by atoms with Gasteiger partial charge in [-0.05, 0) is 27.1 Å². The van der Waals surface area contributed by atoms with Gasteiger partial charge in [0.2, 0.25) is 5.95 Å². The van der Waals surface area contributed by atoms with Crippen LogP contribution in [0.3, 0.4) is 0 Å². The maximum atomic E-state index is 11.9. The van der Waals surface area contributed by atoms with E-state index in [0.29, 0.717) is 40.3 Å². The average Bonchev–Trinajstić information content (AvgIpc) is 3.18. The van der Waals surface area contributed by atoms with Crippen LogP contribution in [0.5, 0.6) is 5.75 Å². The summed E-state index contributed by atoms with van der Waals surface area (Å²) in [4.78, 5) is 27.6. The van der Waals surface area contributed by atoms with Gasteiger partial charge in [-0.25, -0.2) is 9.97 Å². The standard InChI is InChI=1S/C25H28ClN7O3/c1-15-23(16-8-6-7-9-18(16)29-15)24-17(26)14-28-25(30-24)32(4)21-13-20(33(34)35)19(12-22(21)36-5)27-10-11-31(2)3/h6-9,12-14,27,29H,10-11H2,1-5H3. The number of H-pyrrole nitrogens is 1. The maximum Gasteiger partial charge on any atom is 0.294 e. The lowest BCUT2D eigenvalue weighted by Gasteiger charge is -2.22. The van der Waals surface area contributed by atoms with Gasteiger partial charge in [-0.15, -0.1) is 0 Å². The molecule has 2 heterocycles. The first-order chi connectivity index (χ1) is 17.2. The van der Waals surface area contributed by atoms with Crippen LogP contribution in [0.15, 0.2) is 42.6 Å². The average molecular weight is 510 g/mol. The first-order valence-corrected chi connectivity index (χ1v) is 11.7. The van der Waals surface area contributed by atoms with E-state index < -0.39 is 4.92 Å². The van der Waals surface area contributed by atoms with Crippen molar-refractivity contribution in [1.82, 2.24) is 19.9 Å². The van der Waals surface area contributed by atoms with Crippen LogP contribution >= 0.6 is 11.6 Å². The molecule has 0 amide bonds. The quantitative estimate of drug-likeness (QED) is 0.232. The molecule has 2 aromatic heterocycles. The van der Waals surface area contributed by atoms with Crippen molar-refractivity contribution < 1.29 is 9.66 Å². The lowest BCUT2D eigenvalue weighted by molar-refractivity contribution is -0.383. The fourth-order valence-electron chi connectivity index (χ4n) is 4.07. The second-order valence-corrected chi connectivity index (χ2v) is 9.03. The molecule has 0 aliphatic rings. The highest BCUT2D eigenvalue weighted by atomic mass is 35.5. The van der Waals surface area contributed by atoms with Gasteiger partial charge in [0.15, 0.2) is 0 Å². The van der Waals surface area contributed by atoms with Crippen LogP contribution in [0.25, 0.3) is 22.2 Å². The van der Waals surface area contributed by atoms with Crippen LogP contribution in [0.2, 0.25) is 5.02 Å². The van der Waals surface area contributed by atoms with E-state index in [0.717, 1.165) is 28.7 Å². The first-order valence-electron chi connectivity index (χ1n) is 11.3. The number of nitro groups is 1. The zero-order valence-corrected chi connectivity index (χ0v) is 21.6. The number of fused-ring (bicyclic) bond motifs is 1. The first kappa shape index (κ1) is 25.2. The number of benzene rings is 2. The number of hydrogen-bond donors (Lipinski definition) is 2. The molecule has 4 aromatic rings. The molecule has 0 bridgehead atoms. The van der Waals surface area contributed by atoms with Crippen LogP contribution in [0, 0.1) is 17.0 Å². The number of halogens is 1. The molecule has 4 rings (SSSR count). The second-order valence-electron chi connectivity index (χ2n) is 8.62. The number of rotatable bonds is 9. The molecule has 188 valence electrons. The van der Waals surface area contributed by atoms with E-state index >= 15 is 0 Å². The molecule has 0 radical (unpaired) electrons. The van der Waals surface area contributed by atoms with Gasteiger partial charge in [-0.3, -0.25) is 10.1 Å². The minimum absolute atomic E-state index is 0.0712. The second kappa shape index (κ2) is 10.4. The number of aromatic nitrogens is 3. The van der Waals surface area contributed by atoms with E-state index in [4.69, 9.17) is 21.3 Å². The zero-order chi connectivity index (χ0) is 26.0. The number of nitro benzene ring substituents is 1. The molecule has 0 saturated carbocycles. The lowest BCUT2D eigenvalue weighted by atomic mass is 10.1. The summed E-state index contributed by atoms with van der Waals surface area (Å²) in [7, 11) is 7.13. The summed E-state index contributed by atoms with van der Waals surface area (Å²) in [6.07, 6.45) is 1.54. The van der Waals surface area contributed by atoms with E-state index in [9.17, 15) is 10.1 Å². The third-order valence-corrected chi connectivity index (χ3v) is 6.17. The van der Waals surface area contributed by atoms with Crippen molar-refractivity contribution in [2.75, 3.05) is 51.6 Å². The summed E-state index contributed by atoms with van der Waals surface area (Å²) in [6, 6.07) is 11.0. The SMILES string of the molecule is COc1cc(NCCN(C)C)c([N+](=O)[O-])cc1N(C)c1ncc(Cl)c(-c2c(C)[nH]c3ccccc23)n1.